The molecule has 0 atom stereocenters. The molecular formula is C55H34N6S. The lowest BCUT2D eigenvalue weighted by molar-refractivity contribution is 1.06. The van der Waals surface area contributed by atoms with Gasteiger partial charge in [0.05, 0.1) is 39.5 Å². The van der Waals surface area contributed by atoms with Crippen LogP contribution in [-0.4, -0.2) is 29.5 Å². The Morgan fingerprint density at radius 1 is 0.419 bits per heavy atom. The summed E-state index contributed by atoms with van der Waals surface area (Å²) in [7, 11) is 0. The molecule has 62 heavy (non-hydrogen) atoms. The zero-order chi connectivity index (χ0) is 45.3. The smallest absolute Gasteiger partial charge is 0.166 e. The first-order valence-electron chi connectivity index (χ1n) is 22.7. The molecule has 7 heteroatoms. The Hall–Kier alpha value is -8.13. The van der Waals surface area contributed by atoms with Crippen LogP contribution in [0.25, 0.3) is 116 Å². The first kappa shape index (κ1) is 30.8. The van der Waals surface area contributed by atoms with Gasteiger partial charge in [-0.2, -0.15) is 0 Å². The third-order valence-electron chi connectivity index (χ3n) is 11.2. The van der Waals surface area contributed by atoms with Crippen LogP contribution in [0.5, 0.6) is 0 Å². The number of nitrogens with zero attached hydrogens (tertiary/aromatic N) is 6. The molecule has 0 bridgehead atoms. The first-order chi connectivity index (χ1) is 32.8. The van der Waals surface area contributed by atoms with Gasteiger partial charge in [0.1, 0.15) is 0 Å². The predicted molar refractivity (Wildman–Crippen MR) is 255 cm³/mol. The van der Waals surface area contributed by atoms with Crippen LogP contribution < -0.4 is 0 Å². The quantitative estimate of drug-likeness (QED) is 0.160. The van der Waals surface area contributed by atoms with Gasteiger partial charge in [0.15, 0.2) is 23.3 Å². The normalized spacial score (nSPS) is 12.7. The highest BCUT2D eigenvalue weighted by molar-refractivity contribution is 7.26. The molecule has 0 aliphatic heterocycles. The van der Waals surface area contributed by atoms with E-state index in [-0.39, 0.29) is 29.7 Å². The second-order valence-corrected chi connectivity index (χ2v) is 15.9. The van der Waals surface area contributed by atoms with Gasteiger partial charge < -0.3 is 4.57 Å². The highest BCUT2D eigenvalue weighted by atomic mass is 32.1. The van der Waals surface area contributed by atoms with Crippen LogP contribution in [0.15, 0.2) is 206 Å². The van der Waals surface area contributed by atoms with Crippen molar-refractivity contribution in [3.8, 4) is 73.6 Å². The molecule has 0 N–H and O–H groups in total. The minimum atomic E-state index is -0.439. The van der Waals surface area contributed by atoms with E-state index in [9.17, 15) is 0 Å². The number of thiophene rings is 1. The number of hydrogen-bond acceptors (Lipinski definition) is 6. The van der Waals surface area contributed by atoms with Gasteiger partial charge >= 0.3 is 0 Å². The van der Waals surface area contributed by atoms with Crippen LogP contribution >= 0.6 is 11.3 Å². The average Bonchev–Trinajstić information content (AvgIpc) is 3.94. The lowest BCUT2D eigenvalue weighted by Gasteiger charge is -2.16. The number of aromatic nitrogens is 6. The number of benzene rings is 8. The molecule has 0 amide bonds. The SMILES string of the molecule is [2H]c1c([2H])c([2H])c(-c2cccc3c2c2ccccc2n3-c2ccc(-c3nc(-c4ccccc4)c4sc5ccccc5c4n3)cc2-c2nc(-c3ccccc3)nc(-c3ccccc3)n2)c([2H])c1[2H]. The summed E-state index contributed by atoms with van der Waals surface area (Å²) in [5, 5.41) is 2.63. The largest absolute Gasteiger partial charge is 0.308 e. The maximum atomic E-state index is 9.00. The van der Waals surface area contributed by atoms with Crippen LogP contribution in [0.1, 0.15) is 6.85 Å². The van der Waals surface area contributed by atoms with Crippen molar-refractivity contribution in [1.82, 2.24) is 29.5 Å². The average molecular weight is 816 g/mol. The first-order valence-corrected chi connectivity index (χ1v) is 21.0. The molecule has 0 radical (unpaired) electrons. The van der Waals surface area contributed by atoms with E-state index in [1.807, 2.05) is 146 Å². The van der Waals surface area contributed by atoms with Gasteiger partial charge in [0.2, 0.25) is 0 Å². The third kappa shape index (κ3) is 6.06. The van der Waals surface area contributed by atoms with Crippen LogP contribution in [0, 0.1) is 0 Å². The summed E-state index contributed by atoms with van der Waals surface area (Å²) in [6, 6.07) is 56.2. The van der Waals surface area contributed by atoms with Crippen molar-refractivity contribution in [3.05, 3.63) is 206 Å². The van der Waals surface area contributed by atoms with Gasteiger partial charge in [-0.05, 0) is 47.5 Å². The van der Waals surface area contributed by atoms with E-state index in [0.717, 1.165) is 75.7 Å². The summed E-state index contributed by atoms with van der Waals surface area (Å²) < 4.78 is 47.7. The van der Waals surface area contributed by atoms with Crippen molar-refractivity contribution >= 4 is 53.4 Å². The summed E-state index contributed by atoms with van der Waals surface area (Å²) in [6.07, 6.45) is 0. The molecule has 0 unspecified atom stereocenters. The minimum absolute atomic E-state index is 0.135. The number of fused-ring (bicyclic) bond motifs is 6. The van der Waals surface area contributed by atoms with Gasteiger partial charge in [-0.1, -0.05) is 170 Å². The Morgan fingerprint density at radius 2 is 1.02 bits per heavy atom. The van der Waals surface area contributed by atoms with Gasteiger partial charge in [0.25, 0.3) is 0 Å². The van der Waals surface area contributed by atoms with Gasteiger partial charge in [-0.15, -0.1) is 11.3 Å². The lowest BCUT2D eigenvalue weighted by atomic mass is 9.99. The Labute approximate surface area is 368 Å². The Bertz CT molecular complexity index is 3850. The molecule has 0 fully saturated rings. The fourth-order valence-electron chi connectivity index (χ4n) is 8.36. The zero-order valence-electron chi connectivity index (χ0n) is 37.8. The summed E-state index contributed by atoms with van der Waals surface area (Å²) in [4.78, 5) is 26.2. The molecular weight excluding hydrogens is 777 g/mol. The van der Waals surface area contributed by atoms with Gasteiger partial charge in [-0.25, -0.2) is 24.9 Å². The molecule has 12 rings (SSSR count). The van der Waals surface area contributed by atoms with Crippen molar-refractivity contribution < 1.29 is 6.85 Å². The highest BCUT2D eigenvalue weighted by Crippen LogP contribution is 2.43. The van der Waals surface area contributed by atoms with Crippen LogP contribution in [-0.2, 0) is 0 Å². The maximum Gasteiger partial charge on any atom is 0.166 e. The fourth-order valence-corrected chi connectivity index (χ4v) is 9.52. The summed E-state index contributed by atoms with van der Waals surface area (Å²) in [5.74, 6) is 1.96. The van der Waals surface area contributed by atoms with E-state index in [4.69, 9.17) is 31.8 Å². The molecule has 290 valence electrons. The van der Waals surface area contributed by atoms with Crippen molar-refractivity contribution in [1.29, 1.82) is 0 Å². The minimum Gasteiger partial charge on any atom is -0.308 e. The van der Waals surface area contributed by atoms with Gasteiger partial charge in [-0.3, -0.25) is 0 Å². The number of hydrogen-bond donors (Lipinski definition) is 0. The topological polar surface area (TPSA) is 69.4 Å². The Morgan fingerprint density at radius 3 is 1.74 bits per heavy atom. The highest BCUT2D eigenvalue weighted by Gasteiger charge is 2.23. The molecule has 0 saturated heterocycles. The molecule has 12 aromatic rings. The van der Waals surface area contributed by atoms with Crippen molar-refractivity contribution in [3.63, 3.8) is 0 Å². The molecule has 0 saturated carbocycles. The molecule has 0 aliphatic rings. The van der Waals surface area contributed by atoms with E-state index >= 15 is 0 Å². The Balaban J connectivity index is 1.18. The zero-order valence-corrected chi connectivity index (χ0v) is 33.7. The van der Waals surface area contributed by atoms with Crippen molar-refractivity contribution in [2.45, 2.75) is 0 Å². The second-order valence-electron chi connectivity index (χ2n) is 14.9. The third-order valence-corrected chi connectivity index (χ3v) is 12.3. The molecule has 8 aromatic carbocycles. The van der Waals surface area contributed by atoms with Crippen LogP contribution in [0.3, 0.4) is 0 Å². The van der Waals surface area contributed by atoms with Crippen molar-refractivity contribution in [2.75, 3.05) is 0 Å². The van der Waals surface area contributed by atoms with E-state index in [1.165, 1.54) is 0 Å². The number of rotatable bonds is 7. The van der Waals surface area contributed by atoms with Crippen LogP contribution in [0.2, 0.25) is 0 Å². The molecule has 4 aromatic heterocycles. The molecule has 0 aliphatic carbocycles. The van der Waals surface area contributed by atoms with E-state index < -0.39 is 6.04 Å². The predicted octanol–water partition coefficient (Wildman–Crippen LogP) is 14.1. The summed E-state index contributed by atoms with van der Waals surface area (Å²) in [5.41, 5.74) is 8.76. The molecule has 0 spiro atoms. The van der Waals surface area contributed by atoms with Gasteiger partial charge in [0, 0.05) is 48.7 Å². The molecule has 4 heterocycles. The standard InChI is InChI=1S/C55H34N6S/c1-5-18-35(19-6-1)40-28-17-30-46-48(40)41-26-13-15-29-44(41)61(46)45-33-32-39(54-56-49(36-20-7-2-8-21-36)51-50(57-54)42-27-14-16-31-47(42)62-51)34-43(45)55-59-52(37-22-9-3-10-23-37)58-53(60-55)38-24-11-4-12-25-38/h1-34H/i1D,5D,6D,18D,19D. The van der Waals surface area contributed by atoms with Crippen molar-refractivity contribution in [2.24, 2.45) is 0 Å². The monoisotopic (exact) mass is 815 g/mol. The Kier molecular flexibility index (Phi) is 7.39. The van der Waals surface area contributed by atoms with E-state index in [0.29, 0.717) is 34.4 Å². The van der Waals surface area contributed by atoms with E-state index in [2.05, 4.69) is 34.9 Å². The lowest BCUT2D eigenvalue weighted by Crippen LogP contribution is -2.04. The number of para-hydroxylation sites is 1. The van der Waals surface area contributed by atoms with E-state index in [1.54, 1.807) is 11.3 Å². The summed E-state index contributed by atoms with van der Waals surface area (Å²) >= 11 is 1.68. The molecule has 6 nitrogen and oxygen atoms in total. The maximum absolute atomic E-state index is 9.00. The fraction of sp³-hybridized carbons (Fsp3) is 0. The summed E-state index contributed by atoms with van der Waals surface area (Å²) in [6.45, 7) is 0. The second kappa shape index (κ2) is 14.9. The van der Waals surface area contributed by atoms with Crippen LogP contribution in [0.4, 0.5) is 0 Å².